The Morgan fingerprint density at radius 3 is 2.42 bits per heavy atom. The summed E-state index contributed by atoms with van der Waals surface area (Å²) < 4.78 is 27.6. The van der Waals surface area contributed by atoms with Crippen molar-refractivity contribution in [3.63, 3.8) is 0 Å². The van der Waals surface area contributed by atoms with Crippen LogP contribution in [0.15, 0.2) is 35.4 Å². The van der Waals surface area contributed by atoms with Gasteiger partial charge in [-0.05, 0) is 5.53 Å². The van der Waals surface area contributed by atoms with Crippen LogP contribution in [-0.4, -0.2) is 99.5 Å². The lowest BCUT2D eigenvalue weighted by Gasteiger charge is -2.48. The first kappa shape index (κ1) is 23.8. The fraction of sp³-hybridized carbons (Fsp3) is 0.632. The summed E-state index contributed by atoms with van der Waals surface area (Å²) in [5, 5.41) is 54.2. The van der Waals surface area contributed by atoms with E-state index in [9.17, 15) is 30.3 Å². The number of hydrogen-bond acceptors (Lipinski definition) is 11. The highest BCUT2D eigenvalue weighted by molar-refractivity contribution is 5.73. The third kappa shape index (κ3) is 4.67. The summed E-state index contributed by atoms with van der Waals surface area (Å²) in [5.74, 6) is -1.58. The van der Waals surface area contributed by atoms with Crippen molar-refractivity contribution in [1.82, 2.24) is 0 Å². The van der Waals surface area contributed by atoms with Crippen molar-refractivity contribution in [3.05, 3.63) is 46.3 Å². The SMILES string of the molecule is [N-]=[N+]=N[C@@H]1O[C@H](C(=O)O)[C@@H](O[C@@H]2O[C@@H]3CO[C@@H](c4ccccc4)O[C@@H]3[C@H](O)[C@H]2O)[C@H](O)[C@H]1O. The first-order valence-electron chi connectivity index (χ1n) is 10.1. The van der Waals surface area contributed by atoms with Gasteiger partial charge in [0.25, 0.3) is 0 Å². The number of carbonyl (C=O) groups is 1. The maximum atomic E-state index is 11.6. The van der Waals surface area contributed by atoms with Gasteiger partial charge < -0.3 is 49.2 Å². The van der Waals surface area contributed by atoms with Crippen LogP contribution in [0.3, 0.4) is 0 Å². The molecule has 1 aromatic carbocycles. The number of nitrogens with zero attached hydrogens (tertiary/aromatic N) is 3. The van der Waals surface area contributed by atoms with Gasteiger partial charge in [0, 0.05) is 10.5 Å². The maximum absolute atomic E-state index is 11.6. The predicted molar refractivity (Wildman–Crippen MR) is 103 cm³/mol. The molecule has 14 heteroatoms. The molecule has 0 aliphatic carbocycles. The molecule has 180 valence electrons. The molecule has 0 unspecified atom stereocenters. The van der Waals surface area contributed by atoms with Gasteiger partial charge in [-0.3, -0.25) is 0 Å². The zero-order valence-electron chi connectivity index (χ0n) is 17.0. The van der Waals surface area contributed by atoms with E-state index in [1.54, 1.807) is 24.3 Å². The van der Waals surface area contributed by atoms with Gasteiger partial charge in [-0.15, -0.1) is 0 Å². The summed E-state index contributed by atoms with van der Waals surface area (Å²) in [6.07, 6.45) is -16.4. The van der Waals surface area contributed by atoms with E-state index >= 15 is 0 Å². The largest absolute Gasteiger partial charge is 0.479 e. The number of carboxylic acid groups (broad SMARTS) is 1. The molecule has 3 heterocycles. The number of ether oxygens (including phenoxy) is 5. The number of aliphatic hydroxyl groups is 4. The normalized spacial score (nSPS) is 43.2. The molecule has 5 N–H and O–H groups in total. The van der Waals surface area contributed by atoms with Gasteiger partial charge in [0.2, 0.25) is 0 Å². The molecule has 4 rings (SSSR count). The Bertz CT molecular complexity index is 883. The molecule has 1 aromatic rings. The Kier molecular flexibility index (Phi) is 7.11. The molecule has 14 nitrogen and oxygen atoms in total. The van der Waals surface area contributed by atoms with Crippen LogP contribution in [0.2, 0.25) is 0 Å². The standard InChI is InChI=1S/C19H23N3O11/c20-22-21-16-11(25)9(23)14(15(31-16)17(27)28)33-19-12(26)10(24)13-8(30-19)6-29-18(32-13)7-4-2-1-3-5-7/h1-5,8-16,18-19,23-26H,6H2,(H,27,28)/t8-,9-,10-,11-,12-,13+,14+,15+,16-,18-,19+/m1/s1. The van der Waals surface area contributed by atoms with Gasteiger partial charge >= 0.3 is 5.97 Å². The number of aliphatic carboxylic acids is 1. The Labute approximate surface area is 186 Å². The van der Waals surface area contributed by atoms with Gasteiger partial charge in [0.1, 0.15) is 42.7 Å². The van der Waals surface area contributed by atoms with Crippen LogP contribution in [-0.2, 0) is 28.5 Å². The lowest BCUT2D eigenvalue weighted by molar-refractivity contribution is -0.377. The molecule has 0 bridgehead atoms. The van der Waals surface area contributed by atoms with Crippen LogP contribution in [0.5, 0.6) is 0 Å². The van der Waals surface area contributed by atoms with Crippen LogP contribution >= 0.6 is 0 Å². The van der Waals surface area contributed by atoms with E-state index in [2.05, 4.69) is 10.0 Å². The highest BCUT2D eigenvalue weighted by Gasteiger charge is 2.54. The average molecular weight is 469 g/mol. The zero-order chi connectivity index (χ0) is 23.7. The minimum Gasteiger partial charge on any atom is -0.479 e. The summed E-state index contributed by atoms with van der Waals surface area (Å²) >= 11 is 0. The molecule has 3 aliphatic heterocycles. The molecule has 3 saturated heterocycles. The zero-order valence-corrected chi connectivity index (χ0v) is 17.0. The first-order valence-corrected chi connectivity index (χ1v) is 10.1. The van der Waals surface area contributed by atoms with E-state index in [0.29, 0.717) is 5.56 Å². The minimum atomic E-state index is -1.87. The summed E-state index contributed by atoms with van der Waals surface area (Å²) in [5.41, 5.74) is 9.24. The van der Waals surface area contributed by atoms with Gasteiger partial charge in [-0.2, -0.15) is 0 Å². The van der Waals surface area contributed by atoms with Crippen molar-refractivity contribution in [2.75, 3.05) is 6.61 Å². The number of fused-ring (bicyclic) bond motifs is 1. The Balaban J connectivity index is 1.47. The van der Waals surface area contributed by atoms with Gasteiger partial charge in [0.05, 0.1) is 6.61 Å². The van der Waals surface area contributed by atoms with Crippen LogP contribution in [0.25, 0.3) is 10.4 Å². The topological polar surface area (TPSA) is 213 Å². The average Bonchev–Trinajstić information content (AvgIpc) is 2.82. The van der Waals surface area contributed by atoms with Crippen LogP contribution < -0.4 is 0 Å². The summed E-state index contributed by atoms with van der Waals surface area (Å²) in [4.78, 5) is 14.1. The fourth-order valence-electron chi connectivity index (χ4n) is 3.97. The van der Waals surface area contributed by atoms with E-state index in [4.69, 9.17) is 29.2 Å². The molecule has 33 heavy (non-hydrogen) atoms. The molecular weight excluding hydrogens is 446 g/mol. The quantitative estimate of drug-likeness (QED) is 0.196. The van der Waals surface area contributed by atoms with E-state index in [0.717, 1.165) is 0 Å². The lowest BCUT2D eigenvalue weighted by Crippen LogP contribution is -2.66. The number of hydrogen-bond donors (Lipinski definition) is 5. The van der Waals surface area contributed by atoms with Crippen LogP contribution in [0, 0.1) is 0 Å². The van der Waals surface area contributed by atoms with E-state index < -0.39 is 73.6 Å². The highest BCUT2D eigenvalue weighted by Crippen LogP contribution is 2.36. The van der Waals surface area contributed by atoms with Gasteiger partial charge in [-0.25, -0.2) is 4.79 Å². The van der Waals surface area contributed by atoms with E-state index in [-0.39, 0.29) is 6.61 Å². The summed E-state index contributed by atoms with van der Waals surface area (Å²) in [6.45, 7) is -0.0401. The third-order valence-corrected chi connectivity index (χ3v) is 5.67. The van der Waals surface area contributed by atoms with Crippen LogP contribution in [0.1, 0.15) is 11.9 Å². The fourth-order valence-corrected chi connectivity index (χ4v) is 3.97. The molecule has 0 spiro atoms. The molecular formula is C19H23N3O11. The monoisotopic (exact) mass is 469 g/mol. The lowest BCUT2D eigenvalue weighted by atomic mass is 9.96. The Morgan fingerprint density at radius 1 is 1.03 bits per heavy atom. The smallest absolute Gasteiger partial charge is 0.335 e. The van der Waals surface area contributed by atoms with Crippen molar-refractivity contribution in [1.29, 1.82) is 0 Å². The van der Waals surface area contributed by atoms with E-state index in [1.807, 2.05) is 6.07 Å². The van der Waals surface area contributed by atoms with E-state index in [1.165, 1.54) is 0 Å². The Hall–Kier alpha value is -2.36. The molecule has 0 saturated carbocycles. The third-order valence-electron chi connectivity index (χ3n) is 5.67. The molecule has 0 radical (unpaired) electrons. The predicted octanol–water partition coefficient (Wildman–Crippen LogP) is -1.23. The highest BCUT2D eigenvalue weighted by atomic mass is 16.8. The van der Waals surface area contributed by atoms with Crippen molar-refractivity contribution < 1.29 is 54.0 Å². The molecule has 3 fully saturated rings. The van der Waals surface area contributed by atoms with Gasteiger partial charge in [0.15, 0.2) is 24.9 Å². The molecule has 0 amide bonds. The Morgan fingerprint density at radius 2 is 1.76 bits per heavy atom. The molecule has 3 aliphatic rings. The number of benzene rings is 1. The molecule has 11 atom stereocenters. The van der Waals surface area contributed by atoms with Crippen molar-refractivity contribution in [2.45, 2.75) is 67.6 Å². The number of aliphatic hydroxyl groups excluding tert-OH is 4. The summed E-state index contributed by atoms with van der Waals surface area (Å²) in [6, 6.07) is 8.94. The number of azide groups is 1. The second-order valence-electron chi connectivity index (χ2n) is 7.77. The van der Waals surface area contributed by atoms with Crippen molar-refractivity contribution >= 4 is 5.97 Å². The van der Waals surface area contributed by atoms with Crippen LogP contribution in [0.4, 0.5) is 0 Å². The number of carboxylic acids is 1. The van der Waals surface area contributed by atoms with Crippen molar-refractivity contribution in [3.8, 4) is 0 Å². The molecule has 0 aromatic heterocycles. The second kappa shape index (κ2) is 9.87. The second-order valence-corrected chi connectivity index (χ2v) is 7.77. The van der Waals surface area contributed by atoms with Gasteiger partial charge in [-0.1, -0.05) is 35.4 Å². The summed E-state index contributed by atoms with van der Waals surface area (Å²) in [7, 11) is 0. The minimum absolute atomic E-state index is 0.0401. The number of rotatable bonds is 5. The first-order chi connectivity index (χ1) is 15.8. The maximum Gasteiger partial charge on any atom is 0.335 e. The van der Waals surface area contributed by atoms with Crippen molar-refractivity contribution in [2.24, 2.45) is 5.11 Å².